The van der Waals surface area contributed by atoms with Crippen molar-refractivity contribution in [3.8, 4) is 24.7 Å². The lowest BCUT2D eigenvalue weighted by molar-refractivity contribution is 0.593. The Hall–Kier alpha value is -0.660. The van der Waals surface area contributed by atoms with Gasteiger partial charge in [-0.2, -0.15) is 0 Å². The highest BCUT2D eigenvalue weighted by molar-refractivity contribution is 7.99. The Morgan fingerprint density at radius 3 is 2.29 bits per heavy atom. The molecule has 0 rings (SSSR count). The van der Waals surface area contributed by atoms with E-state index in [-0.39, 0.29) is 17.5 Å². The molecule has 0 aliphatic carbocycles. The van der Waals surface area contributed by atoms with E-state index in [1.807, 2.05) is 0 Å². The highest BCUT2D eigenvalue weighted by Gasteiger charge is 2.10. The van der Waals surface area contributed by atoms with E-state index in [2.05, 4.69) is 11.8 Å². The second kappa shape index (κ2) is 11.8. The maximum atomic E-state index is 10.8. The van der Waals surface area contributed by atoms with E-state index in [0.717, 1.165) is 18.1 Å². The van der Waals surface area contributed by atoms with Crippen molar-refractivity contribution in [1.82, 2.24) is 0 Å². The van der Waals surface area contributed by atoms with Gasteiger partial charge in [0.2, 0.25) is 0 Å². The van der Waals surface area contributed by atoms with Crippen LogP contribution in [0.15, 0.2) is 0 Å². The molecular weight excluding hydrogens is 256 g/mol. The van der Waals surface area contributed by atoms with Crippen LogP contribution < -0.4 is 11.5 Å². The van der Waals surface area contributed by atoms with Gasteiger partial charge in [0.05, 0.1) is 11.5 Å². The molecule has 0 aromatic carbocycles. The monoisotopic (exact) mass is 276 g/mol. The summed E-state index contributed by atoms with van der Waals surface area (Å²) < 4.78 is 21.6. The predicted octanol–water partition coefficient (Wildman–Crippen LogP) is -0.307. The molecule has 98 valence electrons. The molecule has 0 aromatic rings. The predicted molar refractivity (Wildman–Crippen MR) is 76.3 cm³/mol. The van der Waals surface area contributed by atoms with Crippen LogP contribution in [0.5, 0.6) is 0 Å². The normalized spacial score (nSPS) is 11.6. The fraction of sp³-hybridized carbons (Fsp3) is 0.636. The van der Waals surface area contributed by atoms with Crippen LogP contribution >= 0.6 is 11.8 Å². The first-order valence-corrected chi connectivity index (χ1v) is 7.98. The minimum atomic E-state index is -3.09. The molecule has 1 atom stereocenters. The molecule has 0 aliphatic heterocycles. The van der Waals surface area contributed by atoms with E-state index in [4.69, 9.17) is 24.3 Å². The van der Waals surface area contributed by atoms with E-state index in [1.165, 1.54) is 0 Å². The molecular formula is C11H20N2O2S2. The van der Waals surface area contributed by atoms with Crippen LogP contribution in [0.3, 0.4) is 0 Å². The fourth-order valence-corrected chi connectivity index (χ4v) is 2.40. The summed E-state index contributed by atoms with van der Waals surface area (Å²) in [5.74, 6) is 6.10. The van der Waals surface area contributed by atoms with Crippen molar-refractivity contribution in [2.45, 2.75) is 13.0 Å². The van der Waals surface area contributed by atoms with Crippen molar-refractivity contribution in [2.24, 2.45) is 11.5 Å². The Morgan fingerprint density at radius 1 is 1.35 bits per heavy atom. The molecule has 4 N–H and O–H groups in total. The number of hydrogen-bond donors (Lipinski definition) is 2. The fourth-order valence-electron chi connectivity index (χ4n) is 0.801. The number of nitrogens with two attached hydrogens (primary N) is 2. The number of terminal acetylenes is 2. The van der Waals surface area contributed by atoms with Crippen LogP contribution in [0.2, 0.25) is 0 Å². The third-order valence-electron chi connectivity index (χ3n) is 1.27. The van der Waals surface area contributed by atoms with Crippen molar-refractivity contribution < 1.29 is 8.42 Å². The van der Waals surface area contributed by atoms with Crippen LogP contribution in [0.25, 0.3) is 0 Å². The maximum Gasteiger partial charge on any atom is 0.163 e. The van der Waals surface area contributed by atoms with E-state index in [1.54, 1.807) is 18.7 Å². The zero-order valence-corrected chi connectivity index (χ0v) is 11.7. The molecule has 6 heteroatoms. The second-order valence-corrected chi connectivity index (χ2v) is 6.50. The lowest BCUT2D eigenvalue weighted by Gasteiger charge is -2.02. The summed E-state index contributed by atoms with van der Waals surface area (Å²) in [5.41, 5.74) is 10.4. The first-order valence-electron chi connectivity index (χ1n) is 5.00. The third-order valence-corrected chi connectivity index (χ3v) is 3.80. The minimum Gasteiger partial charge on any atom is -0.330 e. The van der Waals surface area contributed by atoms with Crippen LogP contribution in [-0.4, -0.2) is 44.0 Å². The van der Waals surface area contributed by atoms with Gasteiger partial charge in [0.1, 0.15) is 5.75 Å². The van der Waals surface area contributed by atoms with E-state index < -0.39 is 9.84 Å². The van der Waals surface area contributed by atoms with Crippen molar-refractivity contribution in [3.63, 3.8) is 0 Å². The molecule has 0 amide bonds. The number of sulfone groups is 1. The number of rotatable bonds is 6. The van der Waals surface area contributed by atoms with E-state index >= 15 is 0 Å². The topological polar surface area (TPSA) is 86.2 Å². The van der Waals surface area contributed by atoms with Crippen LogP contribution in [0, 0.1) is 24.7 Å². The quantitative estimate of drug-likeness (QED) is 0.513. The lowest BCUT2D eigenvalue weighted by Crippen LogP contribution is -2.27. The largest absolute Gasteiger partial charge is 0.330 e. The first kappa shape index (κ1) is 18.7. The molecule has 0 spiro atoms. The third kappa shape index (κ3) is 17.9. The van der Waals surface area contributed by atoms with Crippen molar-refractivity contribution in [2.75, 3.05) is 29.6 Å². The Kier molecular flexibility index (Phi) is 13.0. The van der Waals surface area contributed by atoms with Gasteiger partial charge in [-0.25, -0.2) is 8.42 Å². The average molecular weight is 276 g/mol. The second-order valence-electron chi connectivity index (χ2n) is 3.28. The van der Waals surface area contributed by atoms with Crippen molar-refractivity contribution >= 4 is 21.6 Å². The summed E-state index contributed by atoms with van der Waals surface area (Å²) in [6, 6.07) is -0.335. The van der Waals surface area contributed by atoms with Gasteiger partial charge in [-0.05, 0) is 6.92 Å². The summed E-state index contributed by atoms with van der Waals surface area (Å²) in [7, 11) is -3.09. The summed E-state index contributed by atoms with van der Waals surface area (Å²) in [5, 5.41) is 0. The Bertz CT molecular complexity index is 351. The molecule has 0 aromatic heterocycles. The van der Waals surface area contributed by atoms with Gasteiger partial charge in [-0.3, -0.25) is 0 Å². The minimum absolute atomic E-state index is 0.0306. The van der Waals surface area contributed by atoms with Crippen LogP contribution in [0.4, 0.5) is 0 Å². The van der Waals surface area contributed by atoms with Gasteiger partial charge in [-0.1, -0.05) is 11.8 Å². The molecule has 17 heavy (non-hydrogen) atoms. The van der Waals surface area contributed by atoms with Gasteiger partial charge in [-0.15, -0.1) is 24.6 Å². The summed E-state index contributed by atoms with van der Waals surface area (Å²) in [6.45, 7) is 2.36. The zero-order valence-electron chi connectivity index (χ0n) is 10.1. The SMILES string of the molecule is C#CCS(=O)(=O)CC(C)N.C#CCSCCN. The van der Waals surface area contributed by atoms with Gasteiger partial charge in [0, 0.05) is 18.3 Å². The van der Waals surface area contributed by atoms with Gasteiger partial charge >= 0.3 is 0 Å². The lowest BCUT2D eigenvalue weighted by atomic mass is 10.4. The molecule has 1 unspecified atom stereocenters. The molecule has 0 fully saturated rings. The molecule has 4 nitrogen and oxygen atoms in total. The summed E-state index contributed by atoms with van der Waals surface area (Å²) in [6.07, 6.45) is 9.78. The van der Waals surface area contributed by atoms with Crippen molar-refractivity contribution in [3.05, 3.63) is 0 Å². The first-order chi connectivity index (χ1) is 7.89. The van der Waals surface area contributed by atoms with E-state index in [0.29, 0.717) is 0 Å². The number of thioether (sulfide) groups is 1. The zero-order chi connectivity index (χ0) is 13.7. The average Bonchev–Trinajstić information content (AvgIpc) is 2.17. The standard InChI is InChI=1S/C6H11NO2S.C5H9NS/c1-3-4-10(8,9)5-6(2)7;1-2-4-7-5-3-6/h1,6H,4-5,7H2,2H3;1H,3-6H2. The van der Waals surface area contributed by atoms with Gasteiger partial charge in [0.15, 0.2) is 9.84 Å². The Labute approximate surface area is 109 Å². The molecule has 0 saturated carbocycles. The number of hydrogen-bond acceptors (Lipinski definition) is 5. The summed E-state index contributed by atoms with van der Waals surface area (Å²) in [4.78, 5) is 0. The Balaban J connectivity index is 0. The molecule has 0 aliphatic rings. The highest BCUT2D eigenvalue weighted by atomic mass is 32.2. The van der Waals surface area contributed by atoms with Gasteiger partial charge in [0.25, 0.3) is 0 Å². The Morgan fingerprint density at radius 2 is 1.94 bits per heavy atom. The highest BCUT2D eigenvalue weighted by Crippen LogP contribution is 1.93. The molecule has 0 radical (unpaired) electrons. The molecule has 0 bridgehead atoms. The van der Waals surface area contributed by atoms with Crippen LogP contribution in [-0.2, 0) is 9.84 Å². The maximum absolute atomic E-state index is 10.8. The smallest absolute Gasteiger partial charge is 0.163 e. The van der Waals surface area contributed by atoms with Crippen LogP contribution in [0.1, 0.15) is 6.92 Å². The van der Waals surface area contributed by atoms with E-state index in [9.17, 15) is 8.42 Å². The molecule has 0 saturated heterocycles. The molecule has 0 heterocycles. The van der Waals surface area contributed by atoms with Crippen molar-refractivity contribution in [1.29, 1.82) is 0 Å². The summed E-state index contributed by atoms with van der Waals surface area (Å²) >= 11 is 1.69. The van der Waals surface area contributed by atoms with Gasteiger partial charge < -0.3 is 11.5 Å².